The van der Waals surface area contributed by atoms with E-state index in [0.29, 0.717) is 17.9 Å². The number of hydrogen-bond acceptors (Lipinski definition) is 9. The van der Waals surface area contributed by atoms with Gasteiger partial charge in [-0.2, -0.15) is 0 Å². The van der Waals surface area contributed by atoms with Gasteiger partial charge in [-0.15, -0.1) is 0 Å². The molecule has 0 saturated heterocycles. The molecule has 0 aliphatic heterocycles. The van der Waals surface area contributed by atoms with Crippen LogP contribution < -0.4 is 5.73 Å². The first-order chi connectivity index (χ1) is 19.7. The molecule has 2 fully saturated rings. The van der Waals surface area contributed by atoms with Gasteiger partial charge in [-0.25, -0.2) is 0 Å². The van der Waals surface area contributed by atoms with Crippen LogP contribution in [-0.2, 0) is 24.0 Å². The van der Waals surface area contributed by atoms with Crippen LogP contribution in [-0.4, -0.2) is 75.7 Å². The van der Waals surface area contributed by atoms with E-state index < -0.39 is 76.2 Å². The summed E-state index contributed by atoms with van der Waals surface area (Å²) in [6, 6.07) is 3.44. The minimum Gasteiger partial charge on any atom is -0.507 e. The second kappa shape index (κ2) is 11.8. The lowest BCUT2D eigenvalue weighted by Crippen LogP contribution is -2.76. The molecule has 4 N–H and O–H groups in total. The van der Waals surface area contributed by atoms with Gasteiger partial charge in [0.05, 0.1) is 17.5 Å². The lowest BCUT2D eigenvalue weighted by Gasteiger charge is -2.58. The molecule has 228 valence electrons. The van der Waals surface area contributed by atoms with E-state index in [2.05, 4.69) is 13.8 Å². The second-order valence-corrected chi connectivity index (χ2v) is 12.9. The molecule has 10 heteroatoms. The summed E-state index contributed by atoms with van der Waals surface area (Å²) in [4.78, 5) is 82.9. The minimum atomic E-state index is -2.90. The van der Waals surface area contributed by atoms with Gasteiger partial charge in [0.15, 0.2) is 34.7 Å². The number of phenolic OH excluding ortho intramolecular Hbond substituents is 1. The Kier molecular flexibility index (Phi) is 8.90. The van der Waals surface area contributed by atoms with Gasteiger partial charge in [0.2, 0.25) is 5.91 Å². The maximum Gasteiger partial charge on any atom is 0.235 e. The van der Waals surface area contributed by atoms with Crippen LogP contribution in [0.2, 0.25) is 0 Å². The normalized spacial score (nSPS) is 32.5. The van der Waals surface area contributed by atoms with E-state index in [-0.39, 0.29) is 29.9 Å². The molecule has 0 heterocycles. The third-order valence-electron chi connectivity index (χ3n) is 9.75. The van der Waals surface area contributed by atoms with Gasteiger partial charge in [-0.05, 0) is 55.8 Å². The monoisotopic (exact) mass is 582 g/mol. The largest absolute Gasteiger partial charge is 0.507 e. The van der Waals surface area contributed by atoms with Crippen LogP contribution in [0, 0.1) is 35.5 Å². The first-order valence-corrected chi connectivity index (χ1v) is 14.9. The third-order valence-corrected chi connectivity index (χ3v) is 9.75. The fourth-order valence-electron chi connectivity index (χ4n) is 7.92. The van der Waals surface area contributed by atoms with E-state index in [1.54, 1.807) is 19.1 Å². The Labute approximate surface area is 246 Å². The molecular weight excluding hydrogens is 540 g/mol. The van der Waals surface area contributed by atoms with E-state index in [4.69, 9.17) is 5.73 Å². The molecule has 4 rings (SSSR count). The van der Waals surface area contributed by atoms with Crippen LogP contribution in [0.25, 0.3) is 0 Å². The standard InChI is InChI=1S/C32H42N2O8/c1-6-16(35)14-19-21-17(11-8-7-10-15(2)3)18-12-9-13-20(36)22(18)27(37)23(21)29(39)32(42)25(19)26(34(4)5)28(38)24(30(32)40)31(33)41/h9,12-13,15,17,19,21,23-26,36,42H,6-8,10-11,14H2,1-5H3,(H2,33,41)/t17-,19-,21-,23?,24?,25-,26?,32-/m0/s1. The van der Waals surface area contributed by atoms with Gasteiger partial charge in [0.25, 0.3) is 0 Å². The predicted octanol–water partition coefficient (Wildman–Crippen LogP) is 2.22. The zero-order valence-corrected chi connectivity index (χ0v) is 25.0. The van der Waals surface area contributed by atoms with Gasteiger partial charge in [0.1, 0.15) is 11.5 Å². The van der Waals surface area contributed by atoms with E-state index >= 15 is 0 Å². The molecule has 10 nitrogen and oxygen atoms in total. The number of nitrogens with zero attached hydrogens (tertiary/aromatic N) is 1. The van der Waals surface area contributed by atoms with E-state index in [0.717, 1.165) is 19.3 Å². The summed E-state index contributed by atoms with van der Waals surface area (Å²) in [6.07, 6.45) is 3.08. The van der Waals surface area contributed by atoms with Crippen LogP contribution in [0.5, 0.6) is 5.75 Å². The van der Waals surface area contributed by atoms with E-state index in [9.17, 15) is 39.0 Å². The molecule has 1 aromatic rings. The van der Waals surface area contributed by atoms with Crippen LogP contribution >= 0.6 is 0 Å². The average molecular weight is 583 g/mol. The highest BCUT2D eigenvalue weighted by molar-refractivity contribution is 6.32. The van der Waals surface area contributed by atoms with E-state index in [1.807, 2.05) is 0 Å². The summed E-state index contributed by atoms with van der Waals surface area (Å²) in [7, 11) is 3.07. The van der Waals surface area contributed by atoms with Crippen molar-refractivity contribution in [2.45, 2.75) is 76.9 Å². The molecule has 8 atom stereocenters. The quantitative estimate of drug-likeness (QED) is 0.276. The van der Waals surface area contributed by atoms with Crippen molar-refractivity contribution < 1.29 is 39.0 Å². The van der Waals surface area contributed by atoms with Gasteiger partial charge >= 0.3 is 0 Å². The fraction of sp³-hybridized carbons (Fsp3) is 0.625. The minimum absolute atomic E-state index is 0.0291. The number of rotatable bonds is 10. The van der Waals surface area contributed by atoms with Gasteiger partial charge < -0.3 is 15.9 Å². The third kappa shape index (κ3) is 4.92. The number of amides is 1. The number of hydrogen-bond donors (Lipinski definition) is 3. The Morgan fingerprint density at radius 1 is 1.07 bits per heavy atom. The average Bonchev–Trinajstić information content (AvgIpc) is 2.90. The predicted molar refractivity (Wildman–Crippen MR) is 152 cm³/mol. The topological polar surface area (TPSA) is 172 Å². The molecule has 42 heavy (non-hydrogen) atoms. The molecule has 3 unspecified atom stereocenters. The van der Waals surface area contributed by atoms with Crippen molar-refractivity contribution in [1.29, 1.82) is 0 Å². The summed E-state index contributed by atoms with van der Waals surface area (Å²) in [5.74, 6) is -12.6. The van der Waals surface area contributed by atoms with Crippen molar-refractivity contribution in [3.63, 3.8) is 0 Å². The zero-order chi connectivity index (χ0) is 31.3. The summed E-state index contributed by atoms with van der Waals surface area (Å²) >= 11 is 0. The molecule has 3 aliphatic rings. The Balaban J connectivity index is 1.98. The molecule has 1 aromatic carbocycles. The van der Waals surface area contributed by atoms with Gasteiger partial charge in [0, 0.05) is 18.8 Å². The summed E-state index contributed by atoms with van der Waals surface area (Å²) in [5.41, 5.74) is 3.08. The van der Waals surface area contributed by atoms with Crippen LogP contribution in [0.1, 0.15) is 81.1 Å². The number of fused-ring (bicyclic) bond motifs is 3. The SMILES string of the molecule is CCC(=O)C[C@H]1[C@H]2C(C(=O)c3c(O)cccc3[C@@H]2CCCCC(C)C)C(=O)[C@]2(O)C(=O)C(C(N)=O)C(=O)C(N(C)C)[C@H]12. The number of primary amides is 1. The van der Waals surface area contributed by atoms with Crippen molar-refractivity contribution >= 4 is 34.8 Å². The summed E-state index contributed by atoms with van der Waals surface area (Å²) in [5, 5.41) is 23.0. The number of unbranched alkanes of at least 4 members (excludes halogenated alkanes) is 1. The van der Waals surface area contributed by atoms with Crippen molar-refractivity contribution in [3.05, 3.63) is 29.3 Å². The Morgan fingerprint density at radius 2 is 1.74 bits per heavy atom. The van der Waals surface area contributed by atoms with Crippen molar-refractivity contribution in [3.8, 4) is 5.75 Å². The molecule has 0 bridgehead atoms. The number of carbonyl (C=O) groups is 6. The number of benzene rings is 1. The zero-order valence-electron chi connectivity index (χ0n) is 25.0. The number of ketones is 5. The van der Waals surface area contributed by atoms with Crippen LogP contribution in [0.3, 0.4) is 0 Å². The Morgan fingerprint density at radius 3 is 2.31 bits per heavy atom. The van der Waals surface area contributed by atoms with Gasteiger partial charge in [-0.3, -0.25) is 33.7 Å². The second-order valence-electron chi connectivity index (χ2n) is 12.9. The molecule has 0 spiro atoms. The first-order valence-electron chi connectivity index (χ1n) is 14.9. The summed E-state index contributed by atoms with van der Waals surface area (Å²) < 4.78 is 0. The number of likely N-dealkylation sites (N-methyl/N-ethyl adjacent to an activating group) is 1. The summed E-state index contributed by atoms with van der Waals surface area (Å²) in [6.45, 7) is 5.91. The van der Waals surface area contributed by atoms with Crippen LogP contribution in [0.15, 0.2) is 18.2 Å². The number of phenols is 1. The molecular formula is C32H42N2O8. The maximum atomic E-state index is 14.4. The Hall–Kier alpha value is -3.24. The lowest BCUT2D eigenvalue weighted by atomic mass is 9.45. The number of nitrogens with two attached hydrogens (primary N) is 1. The molecule has 1 amide bonds. The highest BCUT2D eigenvalue weighted by atomic mass is 16.3. The number of Topliss-reactive ketones (excluding diaryl/α,β-unsaturated/α-hetero) is 5. The smallest absolute Gasteiger partial charge is 0.235 e. The van der Waals surface area contributed by atoms with Crippen LogP contribution in [0.4, 0.5) is 0 Å². The van der Waals surface area contributed by atoms with Crippen molar-refractivity contribution in [2.75, 3.05) is 14.1 Å². The number of aromatic hydroxyl groups is 1. The molecule has 0 radical (unpaired) electrons. The number of carbonyl (C=O) groups excluding carboxylic acids is 6. The van der Waals surface area contributed by atoms with E-state index in [1.165, 1.54) is 25.1 Å². The molecule has 3 aliphatic carbocycles. The molecule has 0 aromatic heterocycles. The van der Waals surface area contributed by atoms with Crippen molar-refractivity contribution in [2.24, 2.45) is 41.2 Å². The first kappa shape index (κ1) is 31.7. The lowest BCUT2D eigenvalue weighted by molar-refractivity contribution is -0.190. The fourth-order valence-corrected chi connectivity index (χ4v) is 7.92. The number of aliphatic hydroxyl groups is 1. The van der Waals surface area contributed by atoms with Gasteiger partial charge in [-0.1, -0.05) is 52.2 Å². The highest BCUT2D eigenvalue weighted by Crippen LogP contribution is 2.59. The van der Waals surface area contributed by atoms with Crippen molar-refractivity contribution in [1.82, 2.24) is 4.90 Å². The highest BCUT2D eigenvalue weighted by Gasteiger charge is 2.73. The maximum absolute atomic E-state index is 14.4. The Bertz CT molecular complexity index is 1320. The molecule has 2 saturated carbocycles.